The topological polar surface area (TPSA) is 18.5 Å². The van der Waals surface area contributed by atoms with Crippen LogP contribution >= 0.6 is 27.5 Å². The largest absolute Gasteiger partial charge is 0.342 e. The molecule has 2 nitrogen and oxygen atoms in total. The van der Waals surface area contributed by atoms with Gasteiger partial charge in [0, 0.05) is 10.6 Å². The maximum Gasteiger partial charge on any atom is 0.205 e. The Morgan fingerprint density at radius 2 is 1.81 bits per heavy atom. The van der Waals surface area contributed by atoms with E-state index in [0.717, 1.165) is 11.1 Å². The number of benzene rings is 2. The number of hydrogen-bond acceptors (Lipinski definition) is 2. The van der Waals surface area contributed by atoms with Gasteiger partial charge in [0.15, 0.2) is 0 Å². The standard InChI is InChI=1S/C17H16BrClO2/c1-12-2-4-13(5-3-12)16-10-20-17(11-18,21-16)14-6-8-15(19)9-7-14/h2-9,16H,10-11H2,1H3/t16-,17+/m1/s1. The van der Waals surface area contributed by atoms with Crippen molar-refractivity contribution in [1.29, 1.82) is 0 Å². The molecule has 1 aliphatic rings. The van der Waals surface area contributed by atoms with Gasteiger partial charge in [0.25, 0.3) is 0 Å². The lowest BCUT2D eigenvalue weighted by atomic mass is 10.1. The van der Waals surface area contributed by atoms with Crippen LogP contribution in [0.15, 0.2) is 48.5 Å². The van der Waals surface area contributed by atoms with E-state index in [1.54, 1.807) is 0 Å². The molecule has 0 bridgehead atoms. The van der Waals surface area contributed by atoms with Crippen LogP contribution in [0.2, 0.25) is 5.02 Å². The van der Waals surface area contributed by atoms with Crippen LogP contribution in [0.1, 0.15) is 22.8 Å². The molecule has 1 aliphatic heterocycles. The number of alkyl halides is 1. The van der Waals surface area contributed by atoms with Crippen LogP contribution in [-0.4, -0.2) is 11.9 Å². The third-order valence-electron chi connectivity index (χ3n) is 3.71. The minimum Gasteiger partial charge on any atom is -0.342 e. The normalized spacial score (nSPS) is 25.2. The third-order valence-corrected chi connectivity index (χ3v) is 4.70. The van der Waals surface area contributed by atoms with Crippen LogP contribution in [0.5, 0.6) is 0 Å². The number of halogens is 2. The van der Waals surface area contributed by atoms with Gasteiger partial charge < -0.3 is 9.47 Å². The highest BCUT2D eigenvalue weighted by atomic mass is 79.9. The fourth-order valence-electron chi connectivity index (χ4n) is 2.46. The zero-order valence-corrected chi connectivity index (χ0v) is 14.0. The van der Waals surface area contributed by atoms with Gasteiger partial charge in [-0.3, -0.25) is 0 Å². The first kappa shape index (κ1) is 15.0. The summed E-state index contributed by atoms with van der Waals surface area (Å²) in [5.74, 6) is -0.750. The van der Waals surface area contributed by atoms with Crippen molar-refractivity contribution in [3.8, 4) is 0 Å². The monoisotopic (exact) mass is 366 g/mol. The Bertz CT molecular complexity index is 612. The SMILES string of the molecule is Cc1ccc([C@H]2CO[C@](CBr)(c3ccc(Cl)cc3)O2)cc1. The molecule has 0 radical (unpaired) electrons. The second-order valence-corrected chi connectivity index (χ2v) is 6.22. The lowest BCUT2D eigenvalue weighted by molar-refractivity contribution is -0.157. The summed E-state index contributed by atoms with van der Waals surface area (Å²) in [6.45, 7) is 2.61. The molecule has 1 heterocycles. The fraction of sp³-hybridized carbons (Fsp3) is 0.294. The van der Waals surface area contributed by atoms with Crippen LogP contribution in [0.4, 0.5) is 0 Å². The van der Waals surface area contributed by atoms with Gasteiger partial charge in [0.1, 0.15) is 6.10 Å². The maximum absolute atomic E-state index is 6.24. The van der Waals surface area contributed by atoms with Gasteiger partial charge in [-0.25, -0.2) is 0 Å². The van der Waals surface area contributed by atoms with Crippen molar-refractivity contribution >= 4 is 27.5 Å². The smallest absolute Gasteiger partial charge is 0.205 e. The zero-order chi connectivity index (χ0) is 14.9. The molecule has 2 atom stereocenters. The molecule has 0 N–H and O–H groups in total. The lowest BCUT2D eigenvalue weighted by Crippen LogP contribution is -2.29. The van der Waals surface area contributed by atoms with E-state index in [-0.39, 0.29) is 6.10 Å². The van der Waals surface area contributed by atoms with Gasteiger partial charge in [-0.15, -0.1) is 0 Å². The first-order chi connectivity index (χ1) is 10.1. The first-order valence-corrected chi connectivity index (χ1v) is 8.33. The maximum atomic E-state index is 6.24. The molecule has 1 fully saturated rings. The predicted molar refractivity (Wildman–Crippen MR) is 87.9 cm³/mol. The Labute approximate surface area is 138 Å². The molecule has 0 aromatic heterocycles. The summed E-state index contributed by atoms with van der Waals surface area (Å²) in [6.07, 6.45) is -0.0566. The highest BCUT2D eigenvalue weighted by Crippen LogP contribution is 2.41. The second kappa shape index (κ2) is 6.09. The Morgan fingerprint density at radius 1 is 1.14 bits per heavy atom. The van der Waals surface area contributed by atoms with Crippen molar-refractivity contribution in [2.24, 2.45) is 0 Å². The number of rotatable bonds is 3. The van der Waals surface area contributed by atoms with Crippen LogP contribution < -0.4 is 0 Å². The Hall–Kier alpha value is -0.870. The Balaban J connectivity index is 1.85. The summed E-state index contributed by atoms with van der Waals surface area (Å²) in [7, 11) is 0. The highest BCUT2D eigenvalue weighted by Gasteiger charge is 2.42. The molecule has 0 saturated carbocycles. The molecule has 110 valence electrons. The van der Waals surface area contributed by atoms with E-state index >= 15 is 0 Å². The van der Waals surface area contributed by atoms with Crippen molar-refractivity contribution in [3.63, 3.8) is 0 Å². The van der Waals surface area contributed by atoms with Crippen molar-refractivity contribution in [3.05, 3.63) is 70.2 Å². The summed E-state index contributed by atoms with van der Waals surface area (Å²) in [6, 6.07) is 16.0. The molecule has 4 heteroatoms. The van der Waals surface area contributed by atoms with E-state index in [1.165, 1.54) is 5.56 Å². The fourth-order valence-corrected chi connectivity index (χ4v) is 3.20. The molecule has 21 heavy (non-hydrogen) atoms. The third kappa shape index (κ3) is 3.02. The van der Waals surface area contributed by atoms with Crippen LogP contribution in [0, 0.1) is 6.92 Å². The molecular weight excluding hydrogens is 352 g/mol. The average molecular weight is 368 g/mol. The Morgan fingerprint density at radius 3 is 2.43 bits per heavy atom. The molecule has 3 rings (SSSR count). The van der Waals surface area contributed by atoms with Crippen LogP contribution in [-0.2, 0) is 15.3 Å². The van der Waals surface area contributed by atoms with Gasteiger partial charge in [0.2, 0.25) is 5.79 Å². The van der Waals surface area contributed by atoms with E-state index in [9.17, 15) is 0 Å². The van der Waals surface area contributed by atoms with Gasteiger partial charge in [-0.2, -0.15) is 0 Å². The van der Waals surface area contributed by atoms with E-state index in [4.69, 9.17) is 21.1 Å². The molecule has 0 amide bonds. The second-order valence-electron chi connectivity index (χ2n) is 5.22. The zero-order valence-electron chi connectivity index (χ0n) is 11.7. The summed E-state index contributed by atoms with van der Waals surface area (Å²) in [5, 5.41) is 1.28. The lowest BCUT2D eigenvalue weighted by Gasteiger charge is -2.26. The van der Waals surface area contributed by atoms with Gasteiger partial charge in [-0.1, -0.05) is 69.5 Å². The summed E-state index contributed by atoms with van der Waals surface area (Å²) >= 11 is 9.47. The van der Waals surface area contributed by atoms with Crippen molar-refractivity contribution in [2.75, 3.05) is 11.9 Å². The molecule has 2 aromatic carbocycles. The summed E-state index contributed by atoms with van der Waals surface area (Å²) < 4.78 is 12.2. The highest BCUT2D eigenvalue weighted by molar-refractivity contribution is 9.09. The molecule has 0 spiro atoms. The van der Waals surface area contributed by atoms with E-state index < -0.39 is 5.79 Å². The van der Waals surface area contributed by atoms with Crippen molar-refractivity contribution in [1.82, 2.24) is 0 Å². The molecule has 0 unspecified atom stereocenters. The Kier molecular flexibility index (Phi) is 4.36. The summed E-state index contributed by atoms with van der Waals surface area (Å²) in [5.41, 5.74) is 3.35. The van der Waals surface area contributed by atoms with Gasteiger partial charge in [0.05, 0.1) is 11.9 Å². The van der Waals surface area contributed by atoms with E-state index in [2.05, 4.69) is 47.1 Å². The molecule has 1 saturated heterocycles. The van der Waals surface area contributed by atoms with Crippen LogP contribution in [0.3, 0.4) is 0 Å². The molecular formula is C17H16BrClO2. The predicted octanol–water partition coefficient (Wildman–Crippen LogP) is 4.98. The quantitative estimate of drug-likeness (QED) is 0.712. The summed E-state index contributed by atoms with van der Waals surface area (Å²) in [4.78, 5) is 0. The minimum atomic E-state index is -0.750. The van der Waals surface area contributed by atoms with Crippen LogP contribution in [0.25, 0.3) is 0 Å². The average Bonchev–Trinajstić information content (AvgIpc) is 2.94. The number of aryl methyl sites for hydroxylation is 1. The van der Waals surface area contributed by atoms with Crippen molar-refractivity contribution in [2.45, 2.75) is 18.8 Å². The number of hydrogen-bond donors (Lipinski definition) is 0. The van der Waals surface area contributed by atoms with Crippen molar-refractivity contribution < 1.29 is 9.47 Å². The molecule has 0 aliphatic carbocycles. The van der Waals surface area contributed by atoms with Gasteiger partial charge in [-0.05, 0) is 24.6 Å². The van der Waals surface area contributed by atoms with E-state index in [0.29, 0.717) is 17.0 Å². The number of ether oxygens (including phenoxy) is 2. The first-order valence-electron chi connectivity index (χ1n) is 6.83. The van der Waals surface area contributed by atoms with E-state index in [1.807, 2.05) is 24.3 Å². The van der Waals surface area contributed by atoms with Gasteiger partial charge >= 0.3 is 0 Å². The minimum absolute atomic E-state index is 0.0566. The molecule has 2 aromatic rings.